The van der Waals surface area contributed by atoms with Crippen LogP contribution in [0, 0.1) is 13.8 Å². The minimum atomic E-state index is -0.139. The molecule has 6 nitrogen and oxygen atoms in total. The molecule has 0 fully saturated rings. The third-order valence-electron chi connectivity index (χ3n) is 5.41. The highest BCUT2D eigenvalue weighted by Crippen LogP contribution is 2.24. The van der Waals surface area contributed by atoms with Gasteiger partial charge >= 0.3 is 0 Å². The Morgan fingerprint density at radius 1 is 1.03 bits per heavy atom. The second-order valence-electron chi connectivity index (χ2n) is 7.45. The molecule has 1 N–H and O–H groups in total. The van der Waals surface area contributed by atoms with Crippen LogP contribution in [0.5, 0.6) is 0 Å². The van der Waals surface area contributed by atoms with Crippen molar-refractivity contribution < 1.29 is 4.79 Å². The maximum Gasteiger partial charge on any atom is 0.251 e. The average Bonchev–Trinajstić information content (AvgIpc) is 3.33. The Bertz CT molecular complexity index is 1190. The fourth-order valence-corrected chi connectivity index (χ4v) is 3.88. The summed E-state index contributed by atoms with van der Waals surface area (Å²) in [6.45, 7) is 5.97. The van der Waals surface area contributed by atoms with Gasteiger partial charge in [0, 0.05) is 29.4 Å². The second-order valence-corrected chi connectivity index (χ2v) is 7.45. The highest BCUT2D eigenvalue weighted by molar-refractivity contribution is 5.95. The first-order valence-corrected chi connectivity index (χ1v) is 9.96. The van der Waals surface area contributed by atoms with Crippen molar-refractivity contribution in [1.82, 2.24) is 24.9 Å². The molecule has 0 saturated heterocycles. The standard InChI is InChI=1S/C24H25N5O/c1-16(23-17(2)27-28(4)18(23)3)26-24(30)20-11-8-12-21(15-20)29-22(13-14-25-29)19-9-6-5-7-10-19/h5-16H,1-4H3,(H,26,30). The zero-order valence-corrected chi connectivity index (χ0v) is 17.6. The number of hydrogen-bond acceptors (Lipinski definition) is 3. The van der Waals surface area contributed by atoms with Gasteiger partial charge < -0.3 is 5.32 Å². The first kappa shape index (κ1) is 19.6. The SMILES string of the molecule is Cc1nn(C)c(C)c1C(C)NC(=O)c1cccc(-n2nccc2-c2ccccc2)c1. The Balaban J connectivity index is 1.60. The van der Waals surface area contributed by atoms with Gasteiger partial charge in [-0.25, -0.2) is 4.68 Å². The smallest absolute Gasteiger partial charge is 0.251 e. The molecule has 0 aliphatic heterocycles. The van der Waals surface area contributed by atoms with Gasteiger partial charge in [0.2, 0.25) is 0 Å². The number of carbonyl (C=O) groups is 1. The highest BCUT2D eigenvalue weighted by atomic mass is 16.1. The lowest BCUT2D eigenvalue weighted by Crippen LogP contribution is -2.27. The molecule has 0 aliphatic carbocycles. The number of hydrogen-bond donors (Lipinski definition) is 1. The van der Waals surface area contributed by atoms with Gasteiger partial charge in [0.25, 0.3) is 5.91 Å². The molecule has 1 amide bonds. The van der Waals surface area contributed by atoms with Crippen LogP contribution in [0.15, 0.2) is 66.9 Å². The van der Waals surface area contributed by atoms with Crippen molar-refractivity contribution in [3.05, 3.63) is 89.4 Å². The van der Waals surface area contributed by atoms with E-state index >= 15 is 0 Å². The number of rotatable bonds is 5. The zero-order valence-electron chi connectivity index (χ0n) is 17.6. The van der Waals surface area contributed by atoms with Gasteiger partial charge in [-0.3, -0.25) is 9.48 Å². The highest BCUT2D eigenvalue weighted by Gasteiger charge is 2.19. The van der Waals surface area contributed by atoms with Crippen LogP contribution in [0.4, 0.5) is 0 Å². The van der Waals surface area contributed by atoms with Crippen LogP contribution in [0.1, 0.15) is 40.3 Å². The Morgan fingerprint density at radius 3 is 2.50 bits per heavy atom. The van der Waals surface area contributed by atoms with E-state index in [-0.39, 0.29) is 11.9 Å². The third-order valence-corrected chi connectivity index (χ3v) is 5.41. The summed E-state index contributed by atoms with van der Waals surface area (Å²) in [6, 6.07) is 19.4. The molecule has 0 bridgehead atoms. The van der Waals surface area contributed by atoms with Crippen LogP contribution in [-0.4, -0.2) is 25.5 Å². The van der Waals surface area contributed by atoms with Gasteiger partial charge in [-0.05, 0) is 45.0 Å². The van der Waals surface area contributed by atoms with E-state index in [2.05, 4.69) is 15.5 Å². The minimum Gasteiger partial charge on any atom is -0.345 e. The summed E-state index contributed by atoms with van der Waals surface area (Å²) >= 11 is 0. The Morgan fingerprint density at radius 2 is 1.80 bits per heavy atom. The summed E-state index contributed by atoms with van der Waals surface area (Å²) < 4.78 is 3.70. The molecular formula is C24H25N5O. The van der Waals surface area contributed by atoms with E-state index in [4.69, 9.17) is 0 Å². The molecule has 2 aromatic carbocycles. The van der Waals surface area contributed by atoms with E-state index in [0.717, 1.165) is 33.9 Å². The molecule has 0 aliphatic rings. The maximum absolute atomic E-state index is 13.0. The molecule has 4 rings (SSSR count). The molecule has 2 aromatic heterocycles. The Hall–Kier alpha value is -3.67. The average molecular weight is 399 g/mol. The van der Waals surface area contributed by atoms with E-state index in [9.17, 15) is 4.79 Å². The largest absolute Gasteiger partial charge is 0.345 e. The maximum atomic E-state index is 13.0. The molecule has 0 spiro atoms. The van der Waals surface area contributed by atoms with Crippen molar-refractivity contribution in [1.29, 1.82) is 0 Å². The monoisotopic (exact) mass is 399 g/mol. The van der Waals surface area contributed by atoms with Gasteiger partial charge in [-0.15, -0.1) is 0 Å². The molecule has 30 heavy (non-hydrogen) atoms. The molecule has 6 heteroatoms. The normalized spacial score (nSPS) is 12.0. The Kier molecular flexibility index (Phi) is 5.23. The van der Waals surface area contributed by atoms with E-state index in [1.165, 1.54) is 0 Å². The van der Waals surface area contributed by atoms with E-state index in [0.29, 0.717) is 5.56 Å². The van der Waals surface area contributed by atoms with E-state index in [1.807, 2.05) is 97.8 Å². The van der Waals surface area contributed by atoms with Gasteiger partial charge in [-0.1, -0.05) is 36.4 Å². The van der Waals surface area contributed by atoms with Crippen LogP contribution < -0.4 is 5.32 Å². The Labute approximate surface area is 176 Å². The van der Waals surface area contributed by atoms with Crippen molar-refractivity contribution in [2.75, 3.05) is 0 Å². The number of nitrogens with one attached hydrogen (secondary N) is 1. The number of amides is 1. The van der Waals surface area contributed by atoms with Crippen molar-refractivity contribution in [3.63, 3.8) is 0 Å². The topological polar surface area (TPSA) is 64.7 Å². The zero-order chi connectivity index (χ0) is 21.3. The van der Waals surface area contributed by atoms with Crippen molar-refractivity contribution >= 4 is 5.91 Å². The summed E-state index contributed by atoms with van der Waals surface area (Å²) in [6.07, 6.45) is 1.77. The summed E-state index contributed by atoms with van der Waals surface area (Å²) in [7, 11) is 1.91. The summed E-state index contributed by atoms with van der Waals surface area (Å²) in [5.41, 5.74) is 6.52. The molecule has 4 aromatic rings. The lowest BCUT2D eigenvalue weighted by molar-refractivity contribution is 0.0939. The molecule has 2 heterocycles. The van der Waals surface area contributed by atoms with E-state index < -0.39 is 0 Å². The molecule has 1 atom stereocenters. The molecule has 152 valence electrons. The van der Waals surface area contributed by atoms with Gasteiger partial charge in [-0.2, -0.15) is 10.2 Å². The molecular weight excluding hydrogens is 374 g/mol. The number of benzene rings is 2. The number of carbonyl (C=O) groups excluding carboxylic acids is 1. The quantitative estimate of drug-likeness (QED) is 0.542. The van der Waals surface area contributed by atoms with Crippen LogP contribution in [0.2, 0.25) is 0 Å². The first-order chi connectivity index (χ1) is 14.5. The lowest BCUT2D eigenvalue weighted by Gasteiger charge is -2.15. The van der Waals surface area contributed by atoms with Crippen molar-refractivity contribution in [3.8, 4) is 16.9 Å². The van der Waals surface area contributed by atoms with Crippen molar-refractivity contribution in [2.24, 2.45) is 7.05 Å². The lowest BCUT2D eigenvalue weighted by atomic mass is 10.1. The van der Waals surface area contributed by atoms with Gasteiger partial charge in [0.1, 0.15) is 0 Å². The van der Waals surface area contributed by atoms with Crippen LogP contribution in [-0.2, 0) is 7.05 Å². The predicted octanol–water partition coefficient (Wildman–Crippen LogP) is 4.38. The fourth-order valence-electron chi connectivity index (χ4n) is 3.88. The van der Waals surface area contributed by atoms with Gasteiger partial charge in [0.15, 0.2) is 0 Å². The van der Waals surface area contributed by atoms with Crippen LogP contribution in [0.25, 0.3) is 16.9 Å². The predicted molar refractivity (Wildman–Crippen MR) is 118 cm³/mol. The molecule has 0 radical (unpaired) electrons. The second kappa shape index (κ2) is 7.99. The molecule has 1 unspecified atom stereocenters. The number of nitrogens with zero attached hydrogens (tertiary/aromatic N) is 4. The van der Waals surface area contributed by atoms with Gasteiger partial charge in [0.05, 0.1) is 29.3 Å². The van der Waals surface area contributed by atoms with E-state index in [1.54, 1.807) is 6.20 Å². The summed E-state index contributed by atoms with van der Waals surface area (Å²) in [5, 5.41) is 12.0. The molecule has 0 saturated carbocycles. The van der Waals surface area contributed by atoms with Crippen LogP contribution in [0.3, 0.4) is 0 Å². The summed E-state index contributed by atoms with van der Waals surface area (Å²) in [5.74, 6) is -0.125. The van der Waals surface area contributed by atoms with Crippen LogP contribution >= 0.6 is 0 Å². The number of aryl methyl sites for hydroxylation is 2. The fraction of sp³-hybridized carbons (Fsp3) is 0.208. The third kappa shape index (κ3) is 3.64. The van der Waals surface area contributed by atoms with Crippen molar-refractivity contribution in [2.45, 2.75) is 26.8 Å². The number of aromatic nitrogens is 4. The summed E-state index contributed by atoms with van der Waals surface area (Å²) in [4.78, 5) is 13.0. The minimum absolute atomic E-state index is 0.125. The first-order valence-electron chi connectivity index (χ1n) is 9.96.